The van der Waals surface area contributed by atoms with Crippen molar-refractivity contribution in [1.82, 2.24) is 0 Å². The lowest BCUT2D eigenvalue weighted by Crippen LogP contribution is -2.27. The smallest absolute Gasteiger partial charge is 0.165 e. The van der Waals surface area contributed by atoms with Crippen molar-refractivity contribution in [2.24, 2.45) is 0 Å². The van der Waals surface area contributed by atoms with Gasteiger partial charge in [0, 0.05) is 13.0 Å². The van der Waals surface area contributed by atoms with Gasteiger partial charge in [-0.1, -0.05) is 6.92 Å². The minimum atomic E-state index is -1.69. The van der Waals surface area contributed by atoms with Gasteiger partial charge in [-0.15, -0.1) is 0 Å². The van der Waals surface area contributed by atoms with Crippen LogP contribution in [0.2, 0.25) is 0 Å². The number of hydrogen-bond acceptors (Lipinski definition) is 3. The SMILES string of the molecule is CCC(O)(O)[CH]CCO. The van der Waals surface area contributed by atoms with Gasteiger partial charge in [-0.3, -0.25) is 0 Å². The van der Waals surface area contributed by atoms with Crippen LogP contribution in [0.4, 0.5) is 0 Å². The second kappa shape index (κ2) is 3.82. The van der Waals surface area contributed by atoms with Gasteiger partial charge in [0.1, 0.15) is 0 Å². The summed E-state index contributed by atoms with van der Waals surface area (Å²) in [6.45, 7) is 1.62. The Bertz CT molecular complexity index is 70.7. The average Bonchev–Trinajstić information content (AvgIpc) is 1.84. The number of hydrogen-bond donors (Lipinski definition) is 3. The first-order chi connectivity index (χ1) is 4.12. The van der Waals surface area contributed by atoms with Gasteiger partial charge < -0.3 is 15.3 Å². The molecule has 0 aliphatic heterocycles. The molecule has 0 saturated carbocycles. The Kier molecular flexibility index (Phi) is 3.77. The average molecular weight is 133 g/mol. The van der Waals surface area contributed by atoms with Crippen molar-refractivity contribution >= 4 is 0 Å². The van der Waals surface area contributed by atoms with Crippen LogP contribution in [0, 0.1) is 6.42 Å². The number of aliphatic hydroxyl groups is 3. The highest BCUT2D eigenvalue weighted by atomic mass is 16.5. The van der Waals surface area contributed by atoms with Crippen molar-refractivity contribution in [2.75, 3.05) is 6.61 Å². The van der Waals surface area contributed by atoms with E-state index in [1.807, 2.05) is 0 Å². The third kappa shape index (κ3) is 4.39. The van der Waals surface area contributed by atoms with Crippen molar-refractivity contribution in [3.8, 4) is 0 Å². The maximum atomic E-state index is 8.84. The molecule has 3 nitrogen and oxygen atoms in total. The first kappa shape index (κ1) is 8.88. The lowest BCUT2D eigenvalue weighted by atomic mass is 10.1. The van der Waals surface area contributed by atoms with E-state index in [0.717, 1.165) is 0 Å². The molecule has 0 unspecified atom stereocenters. The standard InChI is InChI=1S/C6H13O3/c1-2-6(8,9)4-3-5-7/h4,7-9H,2-3,5H2,1H3. The maximum Gasteiger partial charge on any atom is 0.165 e. The van der Waals surface area contributed by atoms with E-state index >= 15 is 0 Å². The molecule has 0 heterocycles. The van der Waals surface area contributed by atoms with E-state index in [4.69, 9.17) is 15.3 Å². The van der Waals surface area contributed by atoms with Crippen LogP contribution in [-0.4, -0.2) is 27.7 Å². The fraction of sp³-hybridized carbons (Fsp3) is 0.833. The van der Waals surface area contributed by atoms with Gasteiger partial charge in [0.15, 0.2) is 5.79 Å². The molecule has 0 atom stereocenters. The Morgan fingerprint density at radius 1 is 1.44 bits per heavy atom. The minimum absolute atomic E-state index is 0.0388. The predicted molar refractivity (Wildman–Crippen MR) is 33.5 cm³/mol. The molecule has 0 amide bonds. The van der Waals surface area contributed by atoms with Crippen molar-refractivity contribution in [2.45, 2.75) is 25.6 Å². The molecule has 0 spiro atoms. The topological polar surface area (TPSA) is 60.7 Å². The first-order valence-electron chi connectivity index (χ1n) is 3.02. The zero-order valence-electron chi connectivity index (χ0n) is 5.54. The van der Waals surface area contributed by atoms with Crippen molar-refractivity contribution in [1.29, 1.82) is 0 Å². The Morgan fingerprint density at radius 3 is 2.33 bits per heavy atom. The lowest BCUT2D eigenvalue weighted by molar-refractivity contribution is -0.136. The summed E-state index contributed by atoms with van der Waals surface area (Å²) in [5.41, 5.74) is 0. The minimum Gasteiger partial charge on any atom is -0.396 e. The van der Waals surface area contributed by atoms with Crippen molar-refractivity contribution < 1.29 is 15.3 Å². The first-order valence-corrected chi connectivity index (χ1v) is 3.02. The summed E-state index contributed by atoms with van der Waals surface area (Å²) < 4.78 is 0. The molecule has 0 aromatic rings. The second-order valence-corrected chi connectivity index (χ2v) is 1.95. The molecule has 3 N–H and O–H groups in total. The number of rotatable bonds is 4. The summed E-state index contributed by atoms with van der Waals surface area (Å²) in [5, 5.41) is 26.0. The molecule has 0 aliphatic rings. The highest BCUT2D eigenvalue weighted by Crippen LogP contribution is 2.10. The van der Waals surface area contributed by atoms with E-state index in [2.05, 4.69) is 0 Å². The molecule has 0 rings (SSSR count). The molecule has 55 valence electrons. The molecule has 0 bridgehead atoms. The van der Waals surface area contributed by atoms with Crippen LogP contribution in [0.5, 0.6) is 0 Å². The van der Waals surface area contributed by atoms with E-state index in [1.165, 1.54) is 6.42 Å². The Balaban J connectivity index is 3.33. The summed E-state index contributed by atoms with van der Waals surface area (Å²) in [4.78, 5) is 0. The second-order valence-electron chi connectivity index (χ2n) is 1.95. The molecule has 0 saturated heterocycles. The zero-order valence-corrected chi connectivity index (χ0v) is 5.54. The molecule has 1 radical (unpaired) electrons. The van der Waals surface area contributed by atoms with Crippen molar-refractivity contribution in [3.63, 3.8) is 0 Å². The molecule has 9 heavy (non-hydrogen) atoms. The molecule has 0 aliphatic carbocycles. The summed E-state index contributed by atoms with van der Waals surface area (Å²) in [7, 11) is 0. The van der Waals surface area contributed by atoms with Crippen LogP contribution >= 0.6 is 0 Å². The third-order valence-electron chi connectivity index (χ3n) is 1.12. The summed E-state index contributed by atoms with van der Waals surface area (Å²) in [6, 6.07) is 0. The van der Waals surface area contributed by atoms with Gasteiger partial charge in [-0.2, -0.15) is 0 Å². The Morgan fingerprint density at radius 2 is 2.00 bits per heavy atom. The zero-order chi connectivity index (χ0) is 7.33. The van der Waals surface area contributed by atoms with Gasteiger partial charge in [0.2, 0.25) is 0 Å². The highest BCUT2D eigenvalue weighted by Gasteiger charge is 2.18. The predicted octanol–water partition coefficient (Wildman–Crippen LogP) is -0.336. The molecular formula is C6H13O3. The van der Waals surface area contributed by atoms with Gasteiger partial charge in [-0.25, -0.2) is 0 Å². The van der Waals surface area contributed by atoms with Crippen LogP contribution in [0.1, 0.15) is 19.8 Å². The quantitative estimate of drug-likeness (QED) is 0.460. The van der Waals surface area contributed by atoms with Gasteiger partial charge in [0.25, 0.3) is 0 Å². The third-order valence-corrected chi connectivity index (χ3v) is 1.12. The van der Waals surface area contributed by atoms with Gasteiger partial charge in [-0.05, 0) is 12.8 Å². The van der Waals surface area contributed by atoms with Crippen LogP contribution in [-0.2, 0) is 0 Å². The monoisotopic (exact) mass is 133 g/mol. The van der Waals surface area contributed by atoms with Crippen LogP contribution < -0.4 is 0 Å². The van der Waals surface area contributed by atoms with Crippen LogP contribution in [0.3, 0.4) is 0 Å². The lowest BCUT2D eigenvalue weighted by Gasteiger charge is -2.17. The summed E-state index contributed by atoms with van der Waals surface area (Å²) >= 11 is 0. The Labute approximate surface area is 54.9 Å². The molecule has 3 heteroatoms. The van der Waals surface area contributed by atoms with E-state index in [1.54, 1.807) is 6.92 Å². The summed E-state index contributed by atoms with van der Waals surface area (Å²) in [5.74, 6) is -1.69. The molecule has 0 fully saturated rings. The normalized spacial score (nSPS) is 12.0. The molecular weight excluding hydrogens is 120 g/mol. The van der Waals surface area contributed by atoms with E-state index in [0.29, 0.717) is 6.42 Å². The van der Waals surface area contributed by atoms with Crippen LogP contribution in [0.25, 0.3) is 0 Å². The maximum absolute atomic E-state index is 8.84. The fourth-order valence-corrected chi connectivity index (χ4v) is 0.440. The highest BCUT2D eigenvalue weighted by molar-refractivity contribution is 4.80. The van der Waals surface area contributed by atoms with E-state index < -0.39 is 5.79 Å². The number of aliphatic hydroxyl groups excluding tert-OH is 1. The van der Waals surface area contributed by atoms with E-state index in [9.17, 15) is 0 Å². The fourth-order valence-electron chi connectivity index (χ4n) is 0.440. The molecule has 0 aromatic heterocycles. The van der Waals surface area contributed by atoms with Gasteiger partial charge >= 0.3 is 0 Å². The largest absolute Gasteiger partial charge is 0.396 e. The van der Waals surface area contributed by atoms with Crippen molar-refractivity contribution in [3.05, 3.63) is 6.42 Å². The van der Waals surface area contributed by atoms with E-state index in [-0.39, 0.29) is 13.0 Å². The summed E-state index contributed by atoms with van der Waals surface area (Å²) in [6.07, 6.45) is 1.86. The van der Waals surface area contributed by atoms with Gasteiger partial charge in [0.05, 0.1) is 0 Å². The molecule has 0 aromatic carbocycles. The Hall–Kier alpha value is -0.120. The van der Waals surface area contributed by atoms with Crippen LogP contribution in [0.15, 0.2) is 0 Å².